The first-order valence-electron chi connectivity index (χ1n) is 8.30. The van der Waals surface area contributed by atoms with Gasteiger partial charge in [-0.15, -0.1) is 0 Å². The van der Waals surface area contributed by atoms with E-state index in [-0.39, 0.29) is 18.1 Å². The number of carbonyl (C=O) groups is 1. The minimum Gasteiger partial charge on any atom is -0.483 e. The van der Waals surface area contributed by atoms with E-state index in [1.54, 1.807) is 6.07 Å². The molecular formula is C19H17BN2O3S. The number of nitrogens with one attached hydrogen (secondary N) is 1. The summed E-state index contributed by atoms with van der Waals surface area (Å²) in [5.74, 6) is 1.02. The molecule has 2 heterocycles. The Morgan fingerprint density at radius 1 is 1.35 bits per heavy atom. The Hall–Kier alpha value is -2.54. The highest BCUT2D eigenvalue weighted by Gasteiger charge is 2.32. The number of thiazole rings is 1. The fraction of sp³-hybridized carbons (Fsp3) is 0.263. The summed E-state index contributed by atoms with van der Waals surface area (Å²) in [6, 6.07) is 11.3. The van der Waals surface area contributed by atoms with Gasteiger partial charge in [-0.25, -0.2) is 4.98 Å². The van der Waals surface area contributed by atoms with Gasteiger partial charge < -0.3 is 9.47 Å². The van der Waals surface area contributed by atoms with Gasteiger partial charge in [0.2, 0.25) is 0 Å². The van der Waals surface area contributed by atoms with Crippen molar-refractivity contribution in [2.75, 3.05) is 11.9 Å². The zero-order chi connectivity index (χ0) is 18.3. The lowest BCUT2D eigenvalue weighted by Crippen LogP contribution is -2.25. The molecule has 130 valence electrons. The van der Waals surface area contributed by atoms with Crippen LogP contribution >= 0.6 is 11.3 Å². The minimum atomic E-state index is -0.280. The maximum Gasteiger partial charge on any atom is 0.264 e. The molecule has 1 amide bonds. The molecule has 2 radical (unpaired) electrons. The van der Waals surface area contributed by atoms with E-state index in [9.17, 15) is 4.79 Å². The molecule has 1 N–H and O–H groups in total. The molecule has 0 saturated carbocycles. The molecular weight excluding hydrogens is 347 g/mol. The molecule has 3 aromatic rings. The average molecular weight is 364 g/mol. The second-order valence-corrected chi connectivity index (χ2v) is 7.86. The Kier molecular flexibility index (Phi) is 4.11. The summed E-state index contributed by atoms with van der Waals surface area (Å²) in [6.45, 7) is 3.94. The number of ether oxygens (including phenoxy) is 2. The SMILES string of the molecule is [B]c1cccc2sc(NC(=O)COc3cccc4c3OC(C)(C)C4)nc12. The van der Waals surface area contributed by atoms with Crippen LogP contribution in [0.15, 0.2) is 36.4 Å². The Bertz CT molecular complexity index is 1000. The summed E-state index contributed by atoms with van der Waals surface area (Å²) in [4.78, 5) is 16.6. The zero-order valence-electron chi connectivity index (χ0n) is 14.5. The maximum absolute atomic E-state index is 12.2. The Morgan fingerprint density at radius 2 is 2.15 bits per heavy atom. The van der Waals surface area contributed by atoms with Gasteiger partial charge in [0.1, 0.15) is 13.4 Å². The third-order valence-electron chi connectivity index (χ3n) is 4.11. The van der Waals surface area contributed by atoms with Gasteiger partial charge >= 0.3 is 0 Å². The van der Waals surface area contributed by atoms with Crippen LogP contribution in [0.1, 0.15) is 19.4 Å². The standard InChI is InChI=1S/C19H17BN2O3S/c1-19(2)9-11-5-3-7-13(17(11)25-19)24-10-15(23)21-18-22-16-12(20)6-4-8-14(16)26-18/h3-8H,9-10H2,1-2H3,(H,21,22,23). The first-order chi connectivity index (χ1) is 12.4. The molecule has 0 saturated heterocycles. The van der Waals surface area contributed by atoms with E-state index >= 15 is 0 Å². The Labute approximate surface area is 156 Å². The van der Waals surface area contributed by atoms with Gasteiger partial charge in [-0.2, -0.15) is 0 Å². The molecule has 26 heavy (non-hydrogen) atoms. The van der Waals surface area contributed by atoms with E-state index in [0.29, 0.717) is 21.9 Å². The van der Waals surface area contributed by atoms with E-state index in [2.05, 4.69) is 10.3 Å². The lowest BCUT2D eigenvalue weighted by atomic mass is 9.95. The third kappa shape index (κ3) is 3.27. The number of fused-ring (bicyclic) bond motifs is 2. The van der Waals surface area contributed by atoms with Gasteiger partial charge in [0.05, 0.1) is 10.2 Å². The number of hydrogen-bond donors (Lipinski definition) is 1. The average Bonchev–Trinajstić information content (AvgIpc) is 3.12. The van der Waals surface area contributed by atoms with Crippen LogP contribution in [0.5, 0.6) is 11.5 Å². The summed E-state index contributed by atoms with van der Waals surface area (Å²) >= 11 is 1.38. The van der Waals surface area contributed by atoms with Crippen LogP contribution in [-0.2, 0) is 11.2 Å². The summed E-state index contributed by atoms with van der Waals surface area (Å²) in [5.41, 5.74) is 2.13. The first-order valence-corrected chi connectivity index (χ1v) is 9.11. The third-order valence-corrected chi connectivity index (χ3v) is 5.05. The van der Waals surface area contributed by atoms with Crippen LogP contribution in [0.25, 0.3) is 10.2 Å². The summed E-state index contributed by atoms with van der Waals surface area (Å²) in [7, 11) is 5.90. The largest absolute Gasteiger partial charge is 0.483 e. The second kappa shape index (κ2) is 6.32. The van der Waals surface area contributed by atoms with Crippen LogP contribution in [0.3, 0.4) is 0 Å². The number of rotatable bonds is 4. The quantitative estimate of drug-likeness (QED) is 0.724. The summed E-state index contributed by atoms with van der Waals surface area (Å²) in [5, 5.41) is 3.26. The lowest BCUT2D eigenvalue weighted by Gasteiger charge is -2.18. The fourth-order valence-corrected chi connectivity index (χ4v) is 3.94. The lowest BCUT2D eigenvalue weighted by molar-refractivity contribution is -0.118. The monoisotopic (exact) mass is 364 g/mol. The molecule has 1 aliphatic rings. The highest BCUT2D eigenvalue weighted by molar-refractivity contribution is 7.22. The minimum absolute atomic E-state index is 0.119. The van der Waals surface area contributed by atoms with Crippen LogP contribution in [0.4, 0.5) is 5.13 Å². The molecule has 0 aliphatic carbocycles. The van der Waals surface area contributed by atoms with Gasteiger partial charge in [0.15, 0.2) is 23.2 Å². The topological polar surface area (TPSA) is 60.5 Å². The molecule has 0 unspecified atom stereocenters. The summed E-state index contributed by atoms with van der Waals surface area (Å²) < 4.78 is 12.6. The van der Waals surface area contributed by atoms with Crippen LogP contribution in [0.2, 0.25) is 0 Å². The number of para-hydroxylation sites is 2. The van der Waals surface area contributed by atoms with E-state index in [4.69, 9.17) is 17.3 Å². The van der Waals surface area contributed by atoms with Gasteiger partial charge in [0.25, 0.3) is 5.91 Å². The van der Waals surface area contributed by atoms with E-state index < -0.39 is 0 Å². The Morgan fingerprint density at radius 3 is 2.96 bits per heavy atom. The number of benzene rings is 2. The molecule has 4 rings (SSSR count). The molecule has 1 aromatic heterocycles. The van der Waals surface area contributed by atoms with Gasteiger partial charge in [0, 0.05) is 12.0 Å². The molecule has 2 aromatic carbocycles. The predicted octanol–water partition coefficient (Wildman–Crippen LogP) is 2.82. The fourth-order valence-electron chi connectivity index (χ4n) is 3.02. The van der Waals surface area contributed by atoms with Crippen molar-refractivity contribution >= 4 is 45.9 Å². The van der Waals surface area contributed by atoms with Crippen molar-refractivity contribution in [2.45, 2.75) is 25.9 Å². The molecule has 0 bridgehead atoms. The van der Waals surface area contributed by atoms with Crippen LogP contribution in [0, 0.1) is 0 Å². The number of aromatic nitrogens is 1. The van der Waals surface area contributed by atoms with Crippen LogP contribution < -0.4 is 20.3 Å². The van der Waals surface area contributed by atoms with Crippen LogP contribution in [-0.4, -0.2) is 30.9 Å². The van der Waals surface area contributed by atoms with E-state index in [1.807, 2.05) is 44.2 Å². The second-order valence-electron chi connectivity index (χ2n) is 6.83. The van der Waals surface area contributed by atoms with E-state index in [1.165, 1.54) is 11.3 Å². The van der Waals surface area contributed by atoms with Crippen molar-refractivity contribution in [1.29, 1.82) is 0 Å². The molecule has 0 spiro atoms. The highest BCUT2D eigenvalue weighted by atomic mass is 32.1. The smallest absolute Gasteiger partial charge is 0.264 e. The number of carbonyl (C=O) groups excluding carboxylic acids is 1. The zero-order valence-corrected chi connectivity index (χ0v) is 15.4. The molecule has 0 fully saturated rings. The van der Waals surface area contributed by atoms with E-state index in [0.717, 1.165) is 22.4 Å². The molecule has 7 heteroatoms. The number of nitrogens with zero attached hydrogens (tertiary/aromatic N) is 1. The molecule has 0 atom stereocenters. The number of anilines is 1. The maximum atomic E-state index is 12.2. The normalized spacial score (nSPS) is 14.7. The molecule has 5 nitrogen and oxygen atoms in total. The van der Waals surface area contributed by atoms with Crippen molar-refractivity contribution in [2.24, 2.45) is 0 Å². The summed E-state index contributed by atoms with van der Waals surface area (Å²) in [6.07, 6.45) is 0.818. The van der Waals surface area contributed by atoms with Gasteiger partial charge in [-0.3, -0.25) is 10.1 Å². The van der Waals surface area contributed by atoms with Crippen molar-refractivity contribution in [3.05, 3.63) is 42.0 Å². The van der Waals surface area contributed by atoms with Crippen molar-refractivity contribution in [3.63, 3.8) is 0 Å². The first kappa shape index (κ1) is 16.9. The van der Waals surface area contributed by atoms with Crippen molar-refractivity contribution < 1.29 is 14.3 Å². The van der Waals surface area contributed by atoms with Crippen molar-refractivity contribution in [1.82, 2.24) is 4.98 Å². The Balaban J connectivity index is 1.43. The van der Waals surface area contributed by atoms with Crippen molar-refractivity contribution in [3.8, 4) is 11.5 Å². The molecule has 1 aliphatic heterocycles. The van der Waals surface area contributed by atoms with Gasteiger partial charge in [-0.1, -0.05) is 41.1 Å². The number of hydrogen-bond acceptors (Lipinski definition) is 5. The highest BCUT2D eigenvalue weighted by Crippen LogP contribution is 2.41. The number of amides is 1. The predicted molar refractivity (Wildman–Crippen MR) is 104 cm³/mol. The van der Waals surface area contributed by atoms with Gasteiger partial charge in [-0.05, 0) is 26.0 Å².